The standard InChI is InChI=1S/C12H12BrNO2/c1-7-3-9(13)6-10(4-7)14-11(15)5-8(2)12(14)16/h3-4,6,8H,5H2,1-2H3. The molecule has 1 saturated heterocycles. The first-order valence-corrected chi connectivity index (χ1v) is 5.92. The first kappa shape index (κ1) is 11.3. The van der Waals surface area contributed by atoms with Crippen LogP contribution in [0.15, 0.2) is 22.7 Å². The zero-order valence-electron chi connectivity index (χ0n) is 9.16. The third-order valence-corrected chi connectivity index (χ3v) is 3.12. The van der Waals surface area contributed by atoms with Gasteiger partial charge in [0.25, 0.3) is 0 Å². The Kier molecular flexibility index (Phi) is 2.84. The summed E-state index contributed by atoms with van der Waals surface area (Å²) in [6.07, 6.45) is 0.310. The van der Waals surface area contributed by atoms with Gasteiger partial charge in [0.1, 0.15) is 0 Å². The molecule has 2 rings (SSSR count). The predicted molar refractivity (Wildman–Crippen MR) is 65.2 cm³/mol. The first-order valence-electron chi connectivity index (χ1n) is 5.13. The molecule has 0 aliphatic carbocycles. The minimum Gasteiger partial charge on any atom is -0.274 e. The molecule has 1 aromatic carbocycles. The second-order valence-corrected chi connectivity index (χ2v) is 5.08. The maximum Gasteiger partial charge on any atom is 0.237 e. The van der Waals surface area contributed by atoms with Crippen molar-refractivity contribution in [2.45, 2.75) is 20.3 Å². The van der Waals surface area contributed by atoms with E-state index in [9.17, 15) is 9.59 Å². The lowest BCUT2D eigenvalue weighted by atomic mass is 10.1. The fourth-order valence-corrected chi connectivity index (χ4v) is 2.50. The third-order valence-electron chi connectivity index (χ3n) is 2.66. The highest BCUT2D eigenvalue weighted by Gasteiger charge is 2.36. The number of amides is 2. The molecule has 1 unspecified atom stereocenters. The molecule has 2 amide bonds. The molecule has 1 aromatic rings. The third kappa shape index (κ3) is 1.89. The van der Waals surface area contributed by atoms with Crippen LogP contribution in [0.3, 0.4) is 0 Å². The highest BCUT2D eigenvalue weighted by Crippen LogP contribution is 2.29. The molecule has 16 heavy (non-hydrogen) atoms. The SMILES string of the molecule is Cc1cc(Br)cc(N2C(=O)CC(C)C2=O)c1. The zero-order chi connectivity index (χ0) is 11.9. The van der Waals surface area contributed by atoms with E-state index in [1.165, 1.54) is 4.90 Å². The second-order valence-electron chi connectivity index (χ2n) is 4.16. The maximum absolute atomic E-state index is 11.8. The van der Waals surface area contributed by atoms with Gasteiger partial charge in [-0.15, -0.1) is 0 Å². The van der Waals surface area contributed by atoms with Crippen molar-refractivity contribution >= 4 is 33.4 Å². The number of anilines is 1. The molecule has 0 N–H and O–H groups in total. The van der Waals surface area contributed by atoms with Gasteiger partial charge < -0.3 is 0 Å². The van der Waals surface area contributed by atoms with Gasteiger partial charge in [0, 0.05) is 16.8 Å². The van der Waals surface area contributed by atoms with Crippen LogP contribution in [-0.4, -0.2) is 11.8 Å². The first-order chi connectivity index (χ1) is 7.49. The number of carbonyl (C=O) groups excluding carboxylic acids is 2. The van der Waals surface area contributed by atoms with E-state index in [2.05, 4.69) is 15.9 Å². The topological polar surface area (TPSA) is 37.4 Å². The Hall–Kier alpha value is -1.16. The molecule has 4 heteroatoms. The summed E-state index contributed by atoms with van der Waals surface area (Å²) in [5, 5.41) is 0. The van der Waals surface area contributed by atoms with Gasteiger partial charge in [-0.2, -0.15) is 0 Å². The lowest BCUT2D eigenvalue weighted by Crippen LogP contribution is -2.30. The summed E-state index contributed by atoms with van der Waals surface area (Å²) in [7, 11) is 0. The minimum absolute atomic E-state index is 0.109. The summed E-state index contributed by atoms with van der Waals surface area (Å²) in [6.45, 7) is 3.72. The van der Waals surface area contributed by atoms with E-state index in [1.807, 2.05) is 19.1 Å². The Labute approximate surface area is 103 Å². The Balaban J connectivity index is 2.44. The van der Waals surface area contributed by atoms with Gasteiger partial charge in [0.2, 0.25) is 11.8 Å². The summed E-state index contributed by atoms with van der Waals surface area (Å²) in [6, 6.07) is 5.58. The van der Waals surface area contributed by atoms with Crippen LogP contribution >= 0.6 is 15.9 Å². The molecular formula is C12H12BrNO2. The van der Waals surface area contributed by atoms with E-state index in [1.54, 1.807) is 13.0 Å². The molecule has 1 atom stereocenters. The van der Waals surface area contributed by atoms with E-state index in [-0.39, 0.29) is 17.7 Å². The van der Waals surface area contributed by atoms with Crippen LogP contribution in [0.2, 0.25) is 0 Å². The molecule has 0 spiro atoms. The fourth-order valence-electron chi connectivity index (χ4n) is 1.90. The highest BCUT2D eigenvalue weighted by atomic mass is 79.9. The van der Waals surface area contributed by atoms with Gasteiger partial charge in [-0.3, -0.25) is 14.5 Å². The largest absolute Gasteiger partial charge is 0.274 e. The molecule has 84 valence electrons. The van der Waals surface area contributed by atoms with Crippen LogP contribution < -0.4 is 4.90 Å². The van der Waals surface area contributed by atoms with Crippen LogP contribution in [0.25, 0.3) is 0 Å². The molecule has 0 radical (unpaired) electrons. The van der Waals surface area contributed by atoms with Gasteiger partial charge in [-0.1, -0.05) is 22.9 Å². The van der Waals surface area contributed by atoms with Crippen LogP contribution in [0, 0.1) is 12.8 Å². The van der Waals surface area contributed by atoms with Crippen molar-refractivity contribution in [1.82, 2.24) is 0 Å². The Morgan fingerprint density at radius 2 is 2.00 bits per heavy atom. The summed E-state index contributed by atoms with van der Waals surface area (Å²) in [5.41, 5.74) is 1.68. The predicted octanol–water partition coefficient (Wildman–Crippen LogP) is 2.66. The molecule has 3 nitrogen and oxygen atoms in total. The summed E-state index contributed by atoms with van der Waals surface area (Å²) in [4.78, 5) is 24.8. The number of halogens is 1. The van der Waals surface area contributed by atoms with Crippen LogP contribution in [0.4, 0.5) is 5.69 Å². The van der Waals surface area contributed by atoms with Crippen LogP contribution in [0.5, 0.6) is 0 Å². The molecule has 1 fully saturated rings. The Bertz CT molecular complexity index is 450. The lowest BCUT2D eigenvalue weighted by Gasteiger charge is -2.15. The van der Waals surface area contributed by atoms with E-state index in [0.29, 0.717) is 12.1 Å². The van der Waals surface area contributed by atoms with Crippen molar-refractivity contribution in [3.63, 3.8) is 0 Å². The monoisotopic (exact) mass is 281 g/mol. The molecule has 0 saturated carbocycles. The molecule has 0 bridgehead atoms. The molecule has 0 aromatic heterocycles. The summed E-state index contributed by atoms with van der Waals surface area (Å²) < 4.78 is 0.877. The van der Waals surface area contributed by atoms with Crippen molar-refractivity contribution in [1.29, 1.82) is 0 Å². The Morgan fingerprint density at radius 1 is 1.31 bits per heavy atom. The summed E-state index contributed by atoms with van der Waals surface area (Å²) >= 11 is 3.37. The number of hydrogen-bond acceptors (Lipinski definition) is 2. The average Bonchev–Trinajstić information content (AvgIpc) is 2.39. The quantitative estimate of drug-likeness (QED) is 0.743. The number of hydrogen-bond donors (Lipinski definition) is 0. The number of nitrogens with zero attached hydrogens (tertiary/aromatic N) is 1. The second kappa shape index (κ2) is 4.01. The number of rotatable bonds is 1. The van der Waals surface area contributed by atoms with E-state index >= 15 is 0 Å². The molecule has 1 heterocycles. The van der Waals surface area contributed by atoms with Gasteiger partial charge in [0.05, 0.1) is 5.69 Å². The van der Waals surface area contributed by atoms with E-state index < -0.39 is 0 Å². The number of aryl methyl sites for hydroxylation is 1. The van der Waals surface area contributed by atoms with Gasteiger partial charge in [-0.25, -0.2) is 0 Å². The minimum atomic E-state index is -0.202. The fraction of sp³-hybridized carbons (Fsp3) is 0.333. The van der Waals surface area contributed by atoms with E-state index in [4.69, 9.17) is 0 Å². The summed E-state index contributed by atoms with van der Waals surface area (Å²) in [5.74, 6) is -0.427. The van der Waals surface area contributed by atoms with Crippen LogP contribution in [0.1, 0.15) is 18.9 Å². The van der Waals surface area contributed by atoms with Crippen molar-refractivity contribution in [3.8, 4) is 0 Å². The molecule has 1 aliphatic heterocycles. The number of benzene rings is 1. The average molecular weight is 282 g/mol. The smallest absolute Gasteiger partial charge is 0.237 e. The van der Waals surface area contributed by atoms with Crippen molar-refractivity contribution in [2.75, 3.05) is 4.90 Å². The number of imide groups is 1. The van der Waals surface area contributed by atoms with E-state index in [0.717, 1.165) is 10.0 Å². The normalized spacial score (nSPS) is 20.7. The molecule has 1 aliphatic rings. The zero-order valence-corrected chi connectivity index (χ0v) is 10.7. The van der Waals surface area contributed by atoms with Gasteiger partial charge in [0.15, 0.2) is 0 Å². The van der Waals surface area contributed by atoms with Gasteiger partial charge in [-0.05, 0) is 30.7 Å². The van der Waals surface area contributed by atoms with Crippen molar-refractivity contribution in [3.05, 3.63) is 28.2 Å². The van der Waals surface area contributed by atoms with Crippen molar-refractivity contribution < 1.29 is 9.59 Å². The number of carbonyl (C=O) groups is 2. The Morgan fingerprint density at radius 3 is 2.50 bits per heavy atom. The van der Waals surface area contributed by atoms with Crippen LogP contribution in [-0.2, 0) is 9.59 Å². The van der Waals surface area contributed by atoms with Crippen molar-refractivity contribution in [2.24, 2.45) is 5.92 Å². The molecular weight excluding hydrogens is 270 g/mol. The maximum atomic E-state index is 11.8. The highest BCUT2D eigenvalue weighted by molar-refractivity contribution is 9.10. The lowest BCUT2D eigenvalue weighted by molar-refractivity contribution is -0.122. The van der Waals surface area contributed by atoms with Gasteiger partial charge >= 0.3 is 0 Å².